The van der Waals surface area contributed by atoms with Crippen molar-refractivity contribution in [3.05, 3.63) is 105 Å². The second-order valence-corrected chi connectivity index (χ2v) is 8.34. The predicted molar refractivity (Wildman–Crippen MR) is 126 cm³/mol. The quantitative estimate of drug-likeness (QED) is 0.442. The van der Waals surface area contributed by atoms with Gasteiger partial charge >= 0.3 is 6.18 Å². The van der Waals surface area contributed by atoms with Crippen LogP contribution in [0.1, 0.15) is 33.5 Å². The van der Waals surface area contributed by atoms with E-state index >= 15 is 0 Å². The molecule has 4 aromatic rings. The summed E-state index contributed by atoms with van der Waals surface area (Å²) in [6.45, 7) is 5.25. The Balaban J connectivity index is 1.98. The summed E-state index contributed by atoms with van der Waals surface area (Å²) in [5.41, 5.74) is 8.24. The molecule has 2 N–H and O–H groups in total. The van der Waals surface area contributed by atoms with Crippen molar-refractivity contribution >= 4 is 0 Å². The molecular formula is C26H25F3N4O. The molecule has 0 amide bonds. The number of rotatable bonds is 5. The van der Waals surface area contributed by atoms with Gasteiger partial charge in [0.2, 0.25) is 0 Å². The number of hydrogen-bond acceptors (Lipinski definition) is 3. The molecule has 5 nitrogen and oxygen atoms in total. The Morgan fingerprint density at radius 1 is 1.00 bits per heavy atom. The number of hydrogen-bond donors (Lipinski definition) is 1. The van der Waals surface area contributed by atoms with Crippen molar-refractivity contribution in [1.82, 2.24) is 14.3 Å². The van der Waals surface area contributed by atoms with E-state index in [1.54, 1.807) is 11.6 Å². The maximum atomic E-state index is 13.9. The van der Waals surface area contributed by atoms with E-state index < -0.39 is 29.4 Å². The lowest BCUT2D eigenvalue weighted by Gasteiger charge is -2.20. The fourth-order valence-electron chi connectivity index (χ4n) is 4.20. The molecule has 2 aromatic heterocycles. The third-order valence-electron chi connectivity index (χ3n) is 6.02. The molecule has 0 aliphatic heterocycles. The monoisotopic (exact) mass is 466 g/mol. The standard InChI is InChI=1S/C26H25F3N4O/c1-16-9-10-19(17(2)11-16)15-32-24(12-23(26(27,28)29)21(13-30)25(32)34)22-14-31-33(18(22)3)20-7-5-4-6-8-20/h4-12,14H,13,15,30H2,1-3H3. The summed E-state index contributed by atoms with van der Waals surface area (Å²) < 4.78 is 44.8. The fraction of sp³-hybridized carbons (Fsp3) is 0.231. The van der Waals surface area contributed by atoms with Crippen molar-refractivity contribution in [1.29, 1.82) is 0 Å². The third-order valence-corrected chi connectivity index (χ3v) is 6.02. The molecule has 176 valence electrons. The molecule has 0 unspecified atom stereocenters. The van der Waals surface area contributed by atoms with Crippen molar-refractivity contribution in [3.63, 3.8) is 0 Å². The largest absolute Gasteiger partial charge is 0.416 e. The summed E-state index contributed by atoms with van der Waals surface area (Å²) in [6.07, 6.45) is -3.22. The van der Waals surface area contributed by atoms with Gasteiger partial charge in [0.1, 0.15) is 0 Å². The van der Waals surface area contributed by atoms with Gasteiger partial charge in [-0.25, -0.2) is 4.68 Å². The van der Waals surface area contributed by atoms with E-state index in [-0.39, 0.29) is 12.2 Å². The minimum absolute atomic E-state index is 0.112. The number of benzene rings is 2. The normalized spacial score (nSPS) is 11.7. The van der Waals surface area contributed by atoms with Crippen LogP contribution in [0, 0.1) is 20.8 Å². The van der Waals surface area contributed by atoms with Crippen LogP contribution in [-0.2, 0) is 19.3 Å². The first kappa shape index (κ1) is 23.5. The molecule has 2 aromatic carbocycles. The summed E-state index contributed by atoms with van der Waals surface area (Å²) in [5, 5.41) is 4.40. The molecule has 0 bridgehead atoms. The van der Waals surface area contributed by atoms with Crippen LogP contribution >= 0.6 is 0 Å². The lowest BCUT2D eigenvalue weighted by Crippen LogP contribution is -2.31. The first-order valence-corrected chi connectivity index (χ1v) is 10.8. The maximum absolute atomic E-state index is 13.9. The minimum Gasteiger partial charge on any atom is -0.326 e. The molecule has 0 saturated heterocycles. The fourth-order valence-corrected chi connectivity index (χ4v) is 4.20. The Labute approximate surface area is 195 Å². The number of halogens is 3. The average Bonchev–Trinajstić information content (AvgIpc) is 3.17. The number of nitrogens with zero attached hydrogens (tertiary/aromatic N) is 3. The van der Waals surface area contributed by atoms with Crippen molar-refractivity contribution in [3.8, 4) is 16.9 Å². The average molecular weight is 467 g/mol. The summed E-state index contributed by atoms with van der Waals surface area (Å²) in [5.74, 6) is 0. The van der Waals surface area contributed by atoms with Crippen molar-refractivity contribution in [2.24, 2.45) is 5.73 Å². The van der Waals surface area contributed by atoms with Gasteiger partial charge in [-0.1, -0.05) is 42.0 Å². The van der Waals surface area contributed by atoms with Crippen LogP contribution in [0.15, 0.2) is 65.6 Å². The maximum Gasteiger partial charge on any atom is 0.416 e. The van der Waals surface area contributed by atoms with E-state index in [4.69, 9.17) is 5.73 Å². The molecule has 0 saturated carbocycles. The highest BCUT2D eigenvalue weighted by Gasteiger charge is 2.36. The van der Waals surface area contributed by atoms with Crippen LogP contribution < -0.4 is 11.3 Å². The Bertz CT molecular complexity index is 1400. The summed E-state index contributed by atoms with van der Waals surface area (Å²) in [7, 11) is 0. The number of aryl methyl sites for hydroxylation is 2. The smallest absolute Gasteiger partial charge is 0.326 e. The topological polar surface area (TPSA) is 65.8 Å². The number of para-hydroxylation sites is 1. The van der Waals surface area contributed by atoms with E-state index in [2.05, 4.69) is 5.10 Å². The molecule has 0 aliphatic carbocycles. The second kappa shape index (κ2) is 8.95. The van der Waals surface area contributed by atoms with Gasteiger partial charge in [-0.3, -0.25) is 4.79 Å². The van der Waals surface area contributed by atoms with Gasteiger partial charge in [0, 0.05) is 17.7 Å². The summed E-state index contributed by atoms with van der Waals surface area (Å²) >= 11 is 0. The van der Waals surface area contributed by atoms with Gasteiger partial charge in [0.05, 0.1) is 35.4 Å². The zero-order valence-corrected chi connectivity index (χ0v) is 19.1. The van der Waals surface area contributed by atoms with E-state index in [1.165, 1.54) is 10.8 Å². The van der Waals surface area contributed by atoms with Gasteiger partial charge < -0.3 is 10.3 Å². The Morgan fingerprint density at radius 2 is 1.71 bits per heavy atom. The molecule has 0 atom stereocenters. The zero-order chi connectivity index (χ0) is 24.6. The first-order valence-electron chi connectivity index (χ1n) is 10.8. The van der Waals surface area contributed by atoms with Crippen molar-refractivity contribution < 1.29 is 13.2 Å². The number of pyridine rings is 1. The third kappa shape index (κ3) is 4.28. The Kier molecular flexibility index (Phi) is 6.18. The number of nitrogens with two attached hydrogens (primary N) is 1. The zero-order valence-electron chi connectivity index (χ0n) is 19.1. The predicted octanol–water partition coefficient (Wildman–Crippen LogP) is 5.15. The van der Waals surface area contributed by atoms with Crippen LogP contribution in [0.5, 0.6) is 0 Å². The highest BCUT2D eigenvalue weighted by molar-refractivity contribution is 5.64. The van der Waals surface area contributed by atoms with E-state index in [9.17, 15) is 18.0 Å². The minimum atomic E-state index is -4.72. The number of alkyl halides is 3. The molecular weight excluding hydrogens is 441 g/mol. The van der Waals surface area contributed by atoms with E-state index in [1.807, 2.05) is 62.4 Å². The van der Waals surface area contributed by atoms with Crippen LogP contribution in [0.3, 0.4) is 0 Å². The molecule has 0 radical (unpaired) electrons. The van der Waals surface area contributed by atoms with Crippen LogP contribution in [0.25, 0.3) is 16.9 Å². The van der Waals surface area contributed by atoms with Crippen molar-refractivity contribution in [2.75, 3.05) is 0 Å². The van der Waals surface area contributed by atoms with E-state index in [0.29, 0.717) is 11.3 Å². The Morgan fingerprint density at radius 3 is 2.32 bits per heavy atom. The summed E-state index contributed by atoms with van der Waals surface area (Å²) in [4.78, 5) is 13.4. The first-order chi connectivity index (χ1) is 16.1. The SMILES string of the molecule is Cc1ccc(Cn2c(-c3cnn(-c4ccccc4)c3C)cc(C(F)(F)F)c(CN)c2=O)c(C)c1. The lowest BCUT2D eigenvalue weighted by molar-refractivity contribution is -0.138. The molecule has 0 aliphatic rings. The van der Waals surface area contributed by atoms with Crippen LogP contribution in [-0.4, -0.2) is 14.3 Å². The van der Waals surface area contributed by atoms with Gasteiger partial charge in [-0.2, -0.15) is 18.3 Å². The Hall–Kier alpha value is -3.65. The highest BCUT2D eigenvalue weighted by atomic mass is 19.4. The molecule has 0 fully saturated rings. The summed E-state index contributed by atoms with van der Waals surface area (Å²) in [6, 6.07) is 16.1. The van der Waals surface area contributed by atoms with Gasteiger partial charge in [0.25, 0.3) is 5.56 Å². The second-order valence-electron chi connectivity index (χ2n) is 8.34. The molecule has 34 heavy (non-hydrogen) atoms. The highest BCUT2D eigenvalue weighted by Crippen LogP contribution is 2.35. The van der Waals surface area contributed by atoms with Gasteiger partial charge in [0.15, 0.2) is 0 Å². The van der Waals surface area contributed by atoms with Crippen LogP contribution in [0.4, 0.5) is 13.2 Å². The molecule has 2 heterocycles. The van der Waals surface area contributed by atoms with Crippen molar-refractivity contribution in [2.45, 2.75) is 40.0 Å². The van der Waals surface area contributed by atoms with Crippen LogP contribution in [0.2, 0.25) is 0 Å². The molecule has 4 rings (SSSR count). The number of aromatic nitrogens is 3. The van der Waals surface area contributed by atoms with E-state index in [0.717, 1.165) is 28.4 Å². The van der Waals surface area contributed by atoms with Gasteiger partial charge in [-0.05, 0) is 50.1 Å². The molecule has 8 heteroatoms. The lowest BCUT2D eigenvalue weighted by atomic mass is 10.0. The van der Waals surface area contributed by atoms with Gasteiger partial charge in [-0.15, -0.1) is 0 Å². The molecule has 0 spiro atoms.